The van der Waals surface area contributed by atoms with Crippen LogP contribution in [0.1, 0.15) is 67.9 Å². The zero-order valence-corrected chi connectivity index (χ0v) is 23.3. The van der Waals surface area contributed by atoms with E-state index in [1.807, 2.05) is 60.4 Å². The Morgan fingerprint density at radius 2 is 1.54 bits per heavy atom. The van der Waals surface area contributed by atoms with Crippen LogP contribution in [0.3, 0.4) is 0 Å². The van der Waals surface area contributed by atoms with E-state index >= 15 is 0 Å². The molecule has 0 atom stereocenters. The van der Waals surface area contributed by atoms with Crippen molar-refractivity contribution in [1.82, 2.24) is 4.90 Å². The number of anilines is 3. The molecule has 0 saturated heterocycles. The molecule has 0 radical (unpaired) electrons. The Labute approximate surface area is 232 Å². The summed E-state index contributed by atoms with van der Waals surface area (Å²) < 4.78 is 0. The van der Waals surface area contributed by atoms with Crippen molar-refractivity contribution >= 4 is 34.8 Å². The van der Waals surface area contributed by atoms with Crippen molar-refractivity contribution in [2.75, 3.05) is 23.3 Å². The van der Waals surface area contributed by atoms with E-state index in [1.54, 1.807) is 17.0 Å². The predicted octanol–water partition coefficient (Wildman–Crippen LogP) is 6.77. The summed E-state index contributed by atoms with van der Waals surface area (Å²) in [6, 6.07) is 22.8. The van der Waals surface area contributed by atoms with Crippen LogP contribution in [0.4, 0.5) is 17.1 Å². The zero-order chi connectivity index (χ0) is 27.8. The van der Waals surface area contributed by atoms with E-state index < -0.39 is 0 Å². The minimum absolute atomic E-state index is 0.0962. The van der Waals surface area contributed by atoms with Crippen molar-refractivity contribution in [3.8, 4) is 0 Å². The van der Waals surface area contributed by atoms with Crippen molar-refractivity contribution in [2.45, 2.75) is 59.3 Å². The fourth-order valence-corrected chi connectivity index (χ4v) is 5.06. The summed E-state index contributed by atoms with van der Waals surface area (Å²) in [7, 11) is 0. The molecule has 1 aliphatic rings. The zero-order valence-electron chi connectivity index (χ0n) is 23.3. The second-order valence-electron chi connectivity index (χ2n) is 10.7. The van der Waals surface area contributed by atoms with Gasteiger partial charge < -0.3 is 10.2 Å². The monoisotopic (exact) mass is 525 g/mol. The van der Waals surface area contributed by atoms with Crippen LogP contribution in [0.25, 0.3) is 0 Å². The van der Waals surface area contributed by atoms with E-state index in [1.165, 1.54) is 5.56 Å². The molecule has 1 aliphatic heterocycles. The summed E-state index contributed by atoms with van der Waals surface area (Å²) >= 11 is 0. The van der Waals surface area contributed by atoms with Crippen molar-refractivity contribution in [3.05, 3.63) is 89.5 Å². The molecule has 6 nitrogen and oxygen atoms in total. The van der Waals surface area contributed by atoms with Gasteiger partial charge in [-0.1, -0.05) is 69.3 Å². The number of nitrogens with zero attached hydrogens (tertiary/aromatic N) is 2. The number of unbranched alkanes of at least 4 members (excludes halogenated alkanes) is 1. The van der Waals surface area contributed by atoms with Crippen LogP contribution in [-0.2, 0) is 22.4 Å². The molecular formula is C33H39N3O3. The first-order chi connectivity index (χ1) is 18.9. The third-order valence-corrected chi connectivity index (χ3v) is 6.96. The van der Waals surface area contributed by atoms with Crippen molar-refractivity contribution in [1.29, 1.82) is 0 Å². The summed E-state index contributed by atoms with van der Waals surface area (Å²) in [5, 5.41) is 2.93. The highest BCUT2D eigenvalue weighted by atomic mass is 16.2. The highest BCUT2D eigenvalue weighted by Gasteiger charge is 2.28. The van der Waals surface area contributed by atoms with Gasteiger partial charge in [0.2, 0.25) is 11.8 Å². The molecule has 204 valence electrons. The van der Waals surface area contributed by atoms with Gasteiger partial charge in [0, 0.05) is 19.5 Å². The number of hydrogen-bond donors (Lipinski definition) is 1. The van der Waals surface area contributed by atoms with E-state index in [0.29, 0.717) is 35.0 Å². The number of aryl methyl sites for hydroxylation is 1. The van der Waals surface area contributed by atoms with Crippen molar-refractivity contribution in [2.24, 2.45) is 5.92 Å². The number of nitrogens with one attached hydrogen (secondary N) is 1. The molecular weight excluding hydrogens is 486 g/mol. The summed E-state index contributed by atoms with van der Waals surface area (Å²) in [5.41, 5.74) is 4.50. The lowest BCUT2D eigenvalue weighted by Crippen LogP contribution is -2.34. The Hall–Kier alpha value is -3.93. The first-order valence-corrected chi connectivity index (χ1v) is 14.0. The summed E-state index contributed by atoms with van der Waals surface area (Å²) in [5.74, 6) is 0.407. The Balaban J connectivity index is 1.39. The van der Waals surface area contributed by atoms with E-state index in [-0.39, 0.29) is 24.1 Å². The molecule has 0 unspecified atom stereocenters. The minimum Gasteiger partial charge on any atom is -0.342 e. The quantitative estimate of drug-likeness (QED) is 0.281. The molecule has 4 rings (SSSR count). The standard InChI is InChI=1S/C33H39N3O3/c1-4-11-31(37)35(23-24(2)3)21-10-9-12-25-17-19-26(20-18-25)22-32(38)36-29-15-7-5-13-27(29)33(39)34-28-14-6-8-16-30(28)36/h5-8,13-20,24H,4,9-12,21-23H2,1-3H3,(H,34,39). The van der Waals surface area contributed by atoms with Crippen LogP contribution in [0, 0.1) is 5.92 Å². The molecule has 3 aromatic carbocycles. The fourth-order valence-electron chi connectivity index (χ4n) is 5.06. The van der Waals surface area contributed by atoms with Gasteiger partial charge in [-0.3, -0.25) is 19.3 Å². The first kappa shape index (κ1) is 28.1. The summed E-state index contributed by atoms with van der Waals surface area (Å²) in [6.07, 6.45) is 4.65. The molecule has 0 saturated carbocycles. The van der Waals surface area contributed by atoms with E-state index in [0.717, 1.165) is 44.3 Å². The van der Waals surface area contributed by atoms with E-state index in [9.17, 15) is 14.4 Å². The topological polar surface area (TPSA) is 69.7 Å². The second kappa shape index (κ2) is 13.2. The Kier molecular flexibility index (Phi) is 9.53. The maximum absolute atomic E-state index is 13.6. The number of rotatable bonds is 11. The van der Waals surface area contributed by atoms with Crippen LogP contribution >= 0.6 is 0 Å². The van der Waals surface area contributed by atoms with E-state index in [2.05, 4.69) is 31.3 Å². The van der Waals surface area contributed by atoms with Crippen LogP contribution < -0.4 is 10.2 Å². The van der Waals surface area contributed by atoms with Crippen LogP contribution in [0.2, 0.25) is 0 Å². The molecule has 0 spiro atoms. The van der Waals surface area contributed by atoms with Crippen molar-refractivity contribution in [3.63, 3.8) is 0 Å². The maximum atomic E-state index is 13.6. The van der Waals surface area contributed by atoms with E-state index in [4.69, 9.17) is 0 Å². The normalized spacial score (nSPS) is 12.4. The Morgan fingerprint density at radius 1 is 0.872 bits per heavy atom. The van der Waals surface area contributed by atoms with Gasteiger partial charge in [0.1, 0.15) is 0 Å². The molecule has 3 aromatic rings. The summed E-state index contributed by atoms with van der Waals surface area (Å²) in [4.78, 5) is 42.6. The number of carbonyl (C=O) groups is 3. The van der Waals surface area contributed by atoms with Gasteiger partial charge in [-0.15, -0.1) is 0 Å². The van der Waals surface area contributed by atoms with Crippen LogP contribution in [-0.4, -0.2) is 35.7 Å². The van der Waals surface area contributed by atoms with Gasteiger partial charge in [0.05, 0.1) is 29.0 Å². The third kappa shape index (κ3) is 7.14. The molecule has 0 fully saturated rings. The molecule has 39 heavy (non-hydrogen) atoms. The number of para-hydroxylation sites is 3. The van der Waals surface area contributed by atoms with Gasteiger partial charge in [0.25, 0.3) is 5.91 Å². The van der Waals surface area contributed by atoms with Gasteiger partial charge in [-0.05, 0) is 67.0 Å². The average Bonchev–Trinajstić information content (AvgIpc) is 3.05. The Bertz CT molecular complexity index is 1300. The molecule has 0 bridgehead atoms. The van der Waals surface area contributed by atoms with Crippen LogP contribution in [0.15, 0.2) is 72.8 Å². The molecule has 6 heteroatoms. The minimum atomic E-state index is -0.222. The predicted molar refractivity (Wildman–Crippen MR) is 157 cm³/mol. The molecule has 0 aromatic heterocycles. The number of fused-ring (bicyclic) bond motifs is 2. The molecule has 0 aliphatic carbocycles. The van der Waals surface area contributed by atoms with Crippen molar-refractivity contribution < 1.29 is 14.4 Å². The fraction of sp³-hybridized carbons (Fsp3) is 0.364. The summed E-state index contributed by atoms with van der Waals surface area (Å²) in [6.45, 7) is 7.97. The second-order valence-corrected chi connectivity index (χ2v) is 10.7. The number of amides is 3. The number of hydrogen-bond acceptors (Lipinski definition) is 3. The maximum Gasteiger partial charge on any atom is 0.257 e. The van der Waals surface area contributed by atoms with Gasteiger partial charge in [0.15, 0.2) is 0 Å². The largest absolute Gasteiger partial charge is 0.342 e. The van der Waals surface area contributed by atoms with Gasteiger partial charge >= 0.3 is 0 Å². The lowest BCUT2D eigenvalue weighted by molar-refractivity contribution is -0.131. The molecule has 1 heterocycles. The molecule has 1 N–H and O–H groups in total. The lowest BCUT2D eigenvalue weighted by atomic mass is 10.0. The van der Waals surface area contributed by atoms with Gasteiger partial charge in [-0.2, -0.15) is 0 Å². The number of benzene rings is 3. The smallest absolute Gasteiger partial charge is 0.257 e. The highest BCUT2D eigenvalue weighted by Crippen LogP contribution is 2.38. The average molecular weight is 526 g/mol. The Morgan fingerprint density at radius 3 is 2.26 bits per heavy atom. The first-order valence-electron chi connectivity index (χ1n) is 14.0. The highest BCUT2D eigenvalue weighted by molar-refractivity contribution is 6.17. The third-order valence-electron chi connectivity index (χ3n) is 6.96. The lowest BCUT2D eigenvalue weighted by Gasteiger charge is -2.24. The SMILES string of the molecule is CCCC(=O)N(CCCCc1ccc(CC(=O)N2c3ccccc3NC(=O)c3ccccc32)cc1)CC(C)C. The van der Waals surface area contributed by atoms with Gasteiger partial charge in [-0.25, -0.2) is 0 Å². The molecule has 3 amide bonds. The van der Waals surface area contributed by atoms with Crippen LogP contribution in [0.5, 0.6) is 0 Å². The number of carbonyl (C=O) groups excluding carboxylic acids is 3.